The zero-order valence-corrected chi connectivity index (χ0v) is 11.6. The Bertz CT molecular complexity index is 341. The molecule has 2 nitrogen and oxygen atoms in total. The summed E-state index contributed by atoms with van der Waals surface area (Å²) in [6.07, 6.45) is 3.35. The molecule has 0 radical (unpaired) electrons. The summed E-state index contributed by atoms with van der Waals surface area (Å²) in [5.74, 6) is 0.935. The van der Waals surface area contributed by atoms with Crippen molar-refractivity contribution in [1.29, 1.82) is 0 Å². The van der Waals surface area contributed by atoms with Crippen molar-refractivity contribution >= 4 is 5.57 Å². The molecular weight excluding hydrogens is 224 g/mol. The zero-order chi connectivity index (χ0) is 13.2. The molecule has 0 aliphatic rings. The van der Waals surface area contributed by atoms with Crippen molar-refractivity contribution in [3.63, 3.8) is 0 Å². The van der Waals surface area contributed by atoms with Crippen molar-refractivity contribution in [2.75, 3.05) is 19.8 Å². The van der Waals surface area contributed by atoms with Gasteiger partial charge in [-0.3, -0.25) is 0 Å². The molecule has 18 heavy (non-hydrogen) atoms. The molecule has 0 saturated carbocycles. The van der Waals surface area contributed by atoms with Crippen LogP contribution in [-0.2, 0) is 4.74 Å². The first-order chi connectivity index (χ1) is 8.74. The first kappa shape index (κ1) is 14.8. The molecule has 0 aliphatic heterocycles. The van der Waals surface area contributed by atoms with Gasteiger partial charge in [0.05, 0.1) is 6.61 Å². The van der Waals surface area contributed by atoms with Crippen molar-refractivity contribution in [2.45, 2.75) is 33.1 Å². The smallest absolute Gasteiger partial charge is 0.119 e. The molecule has 0 N–H and O–H groups in total. The lowest BCUT2D eigenvalue weighted by molar-refractivity contribution is 0.141. The van der Waals surface area contributed by atoms with Crippen LogP contribution in [0.1, 0.15) is 38.7 Å². The maximum Gasteiger partial charge on any atom is 0.119 e. The predicted octanol–water partition coefficient (Wildman–Crippen LogP) is 4.31. The Morgan fingerprint density at radius 2 is 1.72 bits per heavy atom. The molecule has 1 rings (SSSR count). The fourth-order valence-electron chi connectivity index (χ4n) is 1.65. The monoisotopic (exact) mass is 248 g/mol. The SMILES string of the molecule is C=C(C)c1ccc(OCCCCCOCC)cc1. The molecule has 0 bridgehead atoms. The molecule has 1 aromatic carbocycles. The van der Waals surface area contributed by atoms with Gasteiger partial charge in [0.1, 0.15) is 5.75 Å². The second kappa shape index (κ2) is 8.76. The largest absolute Gasteiger partial charge is 0.494 e. The van der Waals surface area contributed by atoms with Gasteiger partial charge in [-0.1, -0.05) is 24.3 Å². The summed E-state index contributed by atoms with van der Waals surface area (Å²) in [5.41, 5.74) is 2.25. The highest BCUT2D eigenvalue weighted by molar-refractivity contribution is 5.61. The molecule has 0 fully saturated rings. The predicted molar refractivity (Wildman–Crippen MR) is 77.0 cm³/mol. The highest BCUT2D eigenvalue weighted by Crippen LogP contribution is 2.17. The van der Waals surface area contributed by atoms with Crippen LogP contribution in [0.4, 0.5) is 0 Å². The summed E-state index contributed by atoms with van der Waals surface area (Å²) < 4.78 is 11.0. The Kier molecular flexibility index (Phi) is 7.19. The van der Waals surface area contributed by atoms with Gasteiger partial charge in [-0.05, 0) is 50.8 Å². The molecular formula is C16H24O2. The summed E-state index contributed by atoms with van der Waals surface area (Å²) in [4.78, 5) is 0. The summed E-state index contributed by atoms with van der Waals surface area (Å²) >= 11 is 0. The number of unbranched alkanes of at least 4 members (excludes halogenated alkanes) is 2. The van der Waals surface area contributed by atoms with E-state index in [1.54, 1.807) is 0 Å². The topological polar surface area (TPSA) is 18.5 Å². The lowest BCUT2D eigenvalue weighted by Crippen LogP contribution is -1.99. The summed E-state index contributed by atoms with van der Waals surface area (Å²) in [6.45, 7) is 10.4. The van der Waals surface area contributed by atoms with E-state index in [1.165, 1.54) is 5.56 Å². The molecule has 0 aliphatic carbocycles. The van der Waals surface area contributed by atoms with Gasteiger partial charge >= 0.3 is 0 Å². The lowest BCUT2D eigenvalue weighted by atomic mass is 10.1. The van der Waals surface area contributed by atoms with Crippen LogP contribution >= 0.6 is 0 Å². The van der Waals surface area contributed by atoms with Crippen molar-refractivity contribution in [1.82, 2.24) is 0 Å². The molecule has 0 heterocycles. The molecule has 0 saturated heterocycles. The van der Waals surface area contributed by atoms with E-state index in [-0.39, 0.29) is 0 Å². The van der Waals surface area contributed by atoms with Crippen molar-refractivity contribution in [3.8, 4) is 5.75 Å². The Labute approximate surface area is 111 Å². The summed E-state index contributed by atoms with van der Waals surface area (Å²) in [5, 5.41) is 0. The van der Waals surface area contributed by atoms with E-state index in [4.69, 9.17) is 9.47 Å². The van der Waals surface area contributed by atoms with Gasteiger partial charge in [-0.15, -0.1) is 0 Å². The van der Waals surface area contributed by atoms with Gasteiger partial charge in [-0.2, -0.15) is 0 Å². The van der Waals surface area contributed by atoms with Gasteiger partial charge < -0.3 is 9.47 Å². The second-order valence-electron chi connectivity index (χ2n) is 4.41. The van der Waals surface area contributed by atoms with E-state index in [2.05, 4.69) is 6.58 Å². The highest BCUT2D eigenvalue weighted by Gasteiger charge is 1.96. The fraction of sp³-hybridized carbons (Fsp3) is 0.500. The quantitative estimate of drug-likeness (QED) is 0.606. The minimum atomic E-state index is 0.776. The van der Waals surface area contributed by atoms with Gasteiger partial charge in [0.2, 0.25) is 0 Å². The average Bonchev–Trinajstić information content (AvgIpc) is 2.38. The number of hydrogen-bond acceptors (Lipinski definition) is 2. The normalized spacial score (nSPS) is 10.3. The van der Waals surface area contributed by atoms with E-state index >= 15 is 0 Å². The second-order valence-corrected chi connectivity index (χ2v) is 4.41. The van der Waals surface area contributed by atoms with Crippen LogP contribution in [0.3, 0.4) is 0 Å². The maximum atomic E-state index is 5.68. The van der Waals surface area contributed by atoms with Crippen molar-refractivity contribution in [3.05, 3.63) is 36.4 Å². The van der Waals surface area contributed by atoms with Crippen molar-refractivity contribution in [2.24, 2.45) is 0 Å². The van der Waals surface area contributed by atoms with Crippen LogP contribution in [0, 0.1) is 0 Å². The van der Waals surface area contributed by atoms with E-state index in [0.29, 0.717) is 0 Å². The van der Waals surface area contributed by atoms with Crippen LogP contribution in [0.2, 0.25) is 0 Å². The van der Waals surface area contributed by atoms with Crippen LogP contribution in [0.15, 0.2) is 30.8 Å². The number of hydrogen-bond donors (Lipinski definition) is 0. The first-order valence-electron chi connectivity index (χ1n) is 6.70. The van der Waals surface area contributed by atoms with E-state index in [9.17, 15) is 0 Å². The van der Waals surface area contributed by atoms with E-state index in [1.807, 2.05) is 38.1 Å². The van der Waals surface area contributed by atoms with Crippen LogP contribution in [0.5, 0.6) is 5.75 Å². The standard InChI is InChI=1S/C16H24O2/c1-4-17-12-6-5-7-13-18-16-10-8-15(9-11-16)14(2)3/h8-11H,2,4-7,12-13H2,1,3H3. The fourth-order valence-corrected chi connectivity index (χ4v) is 1.65. The molecule has 0 spiro atoms. The Morgan fingerprint density at radius 3 is 2.33 bits per heavy atom. The summed E-state index contributed by atoms with van der Waals surface area (Å²) in [6, 6.07) is 8.11. The minimum Gasteiger partial charge on any atom is -0.494 e. The van der Waals surface area contributed by atoms with Crippen molar-refractivity contribution < 1.29 is 9.47 Å². The third kappa shape index (κ3) is 5.87. The number of ether oxygens (including phenoxy) is 2. The third-order valence-corrected chi connectivity index (χ3v) is 2.75. The molecule has 2 heteroatoms. The molecule has 1 aromatic rings. The number of rotatable bonds is 9. The number of benzene rings is 1. The lowest BCUT2D eigenvalue weighted by Gasteiger charge is -2.07. The molecule has 0 aromatic heterocycles. The van der Waals surface area contributed by atoms with E-state index in [0.717, 1.165) is 50.4 Å². The molecule has 0 amide bonds. The average molecular weight is 248 g/mol. The van der Waals surface area contributed by atoms with E-state index < -0.39 is 0 Å². The maximum absolute atomic E-state index is 5.68. The Hall–Kier alpha value is -1.28. The molecule has 0 atom stereocenters. The van der Waals surface area contributed by atoms with Crippen LogP contribution in [-0.4, -0.2) is 19.8 Å². The number of allylic oxidation sites excluding steroid dienone is 1. The zero-order valence-electron chi connectivity index (χ0n) is 11.6. The third-order valence-electron chi connectivity index (χ3n) is 2.75. The van der Waals surface area contributed by atoms with Crippen LogP contribution < -0.4 is 4.74 Å². The first-order valence-corrected chi connectivity index (χ1v) is 6.70. The van der Waals surface area contributed by atoms with Crippen LogP contribution in [0.25, 0.3) is 5.57 Å². The minimum absolute atomic E-state index is 0.776. The van der Waals surface area contributed by atoms with Gasteiger partial charge in [0, 0.05) is 13.2 Å². The Morgan fingerprint density at radius 1 is 1.06 bits per heavy atom. The van der Waals surface area contributed by atoms with Gasteiger partial charge in [0.15, 0.2) is 0 Å². The molecule has 100 valence electrons. The molecule has 0 unspecified atom stereocenters. The highest BCUT2D eigenvalue weighted by atomic mass is 16.5. The van der Waals surface area contributed by atoms with Gasteiger partial charge in [-0.25, -0.2) is 0 Å². The summed E-state index contributed by atoms with van der Waals surface area (Å²) in [7, 11) is 0. The Balaban J connectivity index is 2.14. The van der Waals surface area contributed by atoms with Gasteiger partial charge in [0.25, 0.3) is 0 Å².